The molecular weight excluding hydrogens is 448 g/mol. The van der Waals surface area contributed by atoms with Crippen molar-refractivity contribution in [2.45, 2.75) is 38.3 Å². The van der Waals surface area contributed by atoms with Gasteiger partial charge in [-0.2, -0.15) is 0 Å². The lowest BCUT2D eigenvalue weighted by atomic mass is 10.1. The lowest BCUT2D eigenvalue weighted by molar-refractivity contribution is -0.384. The minimum absolute atomic E-state index is 0.0283. The van der Waals surface area contributed by atoms with E-state index in [0.717, 1.165) is 10.4 Å². The highest BCUT2D eigenvalue weighted by Crippen LogP contribution is 2.36. The number of nitro benzene ring substituents is 1. The largest absolute Gasteiger partial charge is 0.465 e. The third kappa shape index (κ3) is 5.70. The fraction of sp³-hybridized carbons (Fsp3) is 0.269. The average molecular weight is 479 g/mol. The second-order valence-corrected chi connectivity index (χ2v) is 13.6. The van der Waals surface area contributed by atoms with Crippen molar-refractivity contribution in [3.63, 3.8) is 0 Å². The molecule has 0 saturated heterocycles. The molecule has 0 unspecified atom stereocenters. The zero-order chi connectivity index (χ0) is 24.8. The minimum atomic E-state index is -2.85. The van der Waals surface area contributed by atoms with Gasteiger partial charge in [-0.1, -0.05) is 93.6 Å². The normalized spacial score (nSPS) is 12.7. The third-order valence-electron chi connectivity index (χ3n) is 5.85. The highest BCUT2D eigenvalue weighted by molar-refractivity contribution is 6.99. The molecule has 0 aliphatic heterocycles. The van der Waals surface area contributed by atoms with Crippen molar-refractivity contribution in [2.24, 2.45) is 0 Å². The van der Waals surface area contributed by atoms with Crippen molar-refractivity contribution < 1.29 is 19.3 Å². The van der Waals surface area contributed by atoms with E-state index in [0.29, 0.717) is 5.56 Å². The van der Waals surface area contributed by atoms with E-state index in [1.165, 1.54) is 12.1 Å². The van der Waals surface area contributed by atoms with Crippen molar-refractivity contribution in [1.82, 2.24) is 5.32 Å². The Labute approximate surface area is 200 Å². The van der Waals surface area contributed by atoms with Crippen LogP contribution in [0.3, 0.4) is 0 Å². The number of nitro groups is 1. The second kappa shape index (κ2) is 10.6. The Bertz CT molecular complexity index is 1080. The van der Waals surface area contributed by atoms with Crippen molar-refractivity contribution in [2.75, 3.05) is 6.61 Å². The molecule has 3 rings (SSSR count). The summed E-state index contributed by atoms with van der Waals surface area (Å²) in [6.45, 7) is 6.58. The van der Waals surface area contributed by atoms with E-state index in [4.69, 9.17) is 4.43 Å². The Hall–Kier alpha value is -3.49. The van der Waals surface area contributed by atoms with Crippen molar-refractivity contribution >= 4 is 30.5 Å². The molecule has 178 valence electrons. The quantitative estimate of drug-likeness (QED) is 0.270. The van der Waals surface area contributed by atoms with E-state index in [-0.39, 0.29) is 23.8 Å². The first-order valence-electron chi connectivity index (χ1n) is 11.1. The van der Waals surface area contributed by atoms with Crippen LogP contribution in [0.5, 0.6) is 0 Å². The van der Waals surface area contributed by atoms with Gasteiger partial charge in [0.25, 0.3) is 14.0 Å². The number of carbonyl (C=O) groups is 1. The molecule has 0 heterocycles. The van der Waals surface area contributed by atoms with E-state index < -0.39 is 25.4 Å². The number of hydrogen-bond acceptors (Lipinski definition) is 4. The van der Waals surface area contributed by atoms with Gasteiger partial charge in [0.15, 0.2) is 0 Å². The predicted molar refractivity (Wildman–Crippen MR) is 135 cm³/mol. The van der Waals surface area contributed by atoms with Crippen LogP contribution < -0.4 is 15.7 Å². The summed E-state index contributed by atoms with van der Waals surface area (Å²) in [5, 5.41) is 25.1. The fourth-order valence-corrected chi connectivity index (χ4v) is 9.00. The van der Waals surface area contributed by atoms with Gasteiger partial charge in [-0.25, -0.2) is 4.79 Å². The van der Waals surface area contributed by atoms with Crippen LogP contribution in [-0.2, 0) is 10.8 Å². The Morgan fingerprint density at radius 1 is 1.00 bits per heavy atom. The number of hydrogen-bond donors (Lipinski definition) is 2. The van der Waals surface area contributed by atoms with Gasteiger partial charge in [-0.05, 0) is 27.4 Å². The van der Waals surface area contributed by atoms with Crippen LogP contribution in [0.15, 0.2) is 84.9 Å². The maximum absolute atomic E-state index is 11.6. The Balaban J connectivity index is 1.99. The zero-order valence-electron chi connectivity index (χ0n) is 19.6. The maximum Gasteiger partial charge on any atom is 0.404 e. The molecule has 0 bridgehead atoms. The van der Waals surface area contributed by atoms with Gasteiger partial charge in [0.05, 0.1) is 17.6 Å². The van der Waals surface area contributed by atoms with E-state index in [1.54, 1.807) is 12.1 Å². The van der Waals surface area contributed by atoms with Crippen LogP contribution in [-0.4, -0.2) is 37.1 Å². The van der Waals surface area contributed by atoms with Crippen LogP contribution in [0.4, 0.5) is 10.5 Å². The zero-order valence-corrected chi connectivity index (χ0v) is 20.6. The molecular formula is C26H30N2O5Si. The van der Waals surface area contributed by atoms with Gasteiger partial charge >= 0.3 is 6.09 Å². The summed E-state index contributed by atoms with van der Waals surface area (Å²) in [6.07, 6.45) is -0.895. The van der Waals surface area contributed by atoms with Crippen molar-refractivity contribution in [3.05, 3.63) is 101 Å². The first kappa shape index (κ1) is 25.1. The highest BCUT2D eigenvalue weighted by atomic mass is 28.4. The molecule has 3 aromatic rings. The molecule has 3 aromatic carbocycles. The van der Waals surface area contributed by atoms with Gasteiger partial charge < -0.3 is 14.8 Å². The molecule has 1 atom stereocenters. The lowest BCUT2D eigenvalue weighted by Gasteiger charge is -2.43. The fourth-order valence-electron chi connectivity index (χ4n) is 4.39. The molecule has 7 nitrogen and oxygen atoms in total. The Morgan fingerprint density at radius 3 is 2.03 bits per heavy atom. The molecule has 0 aliphatic carbocycles. The average Bonchev–Trinajstić information content (AvgIpc) is 2.79. The van der Waals surface area contributed by atoms with E-state index in [9.17, 15) is 20.0 Å². The summed E-state index contributed by atoms with van der Waals surface area (Å²) in [6, 6.07) is 25.9. The topological polar surface area (TPSA) is 102 Å². The number of amides is 1. The van der Waals surface area contributed by atoms with Gasteiger partial charge in [-0.3, -0.25) is 10.1 Å². The summed E-state index contributed by atoms with van der Waals surface area (Å²) >= 11 is 0. The molecule has 1 amide bonds. The van der Waals surface area contributed by atoms with Crippen LogP contribution in [0.2, 0.25) is 5.04 Å². The van der Waals surface area contributed by atoms with Gasteiger partial charge in [0.2, 0.25) is 0 Å². The van der Waals surface area contributed by atoms with Crippen LogP contribution in [0.25, 0.3) is 0 Å². The first-order valence-corrected chi connectivity index (χ1v) is 13.0. The summed E-state index contributed by atoms with van der Waals surface area (Å²) < 4.78 is 6.86. The standard InChI is InChI=1S/C26H30N2O5Si/c1-26(2,3)34(23-13-6-4-7-14-23,24-15-8-5-9-16-24)33-19-21(27-25(29)30)17-20-11-10-12-22(18-20)28(31)32/h4-16,18,21,27H,17,19H2,1-3H3,(H,29,30)/t21-/m0/s1. The number of nitrogens with zero attached hydrogens (tertiary/aromatic N) is 1. The highest BCUT2D eigenvalue weighted by Gasteiger charge is 2.50. The Morgan fingerprint density at radius 2 is 1.56 bits per heavy atom. The van der Waals surface area contributed by atoms with Gasteiger partial charge in [0, 0.05) is 12.1 Å². The third-order valence-corrected chi connectivity index (χ3v) is 10.9. The first-order chi connectivity index (χ1) is 16.1. The molecule has 8 heteroatoms. The number of non-ortho nitro benzene ring substituents is 1. The summed E-state index contributed by atoms with van der Waals surface area (Å²) in [4.78, 5) is 22.3. The molecule has 0 radical (unpaired) electrons. The summed E-state index contributed by atoms with van der Waals surface area (Å²) in [5.41, 5.74) is 0.637. The maximum atomic E-state index is 11.6. The van der Waals surface area contributed by atoms with Crippen molar-refractivity contribution in [3.8, 4) is 0 Å². The predicted octanol–water partition coefficient (Wildman–Crippen LogP) is 4.35. The van der Waals surface area contributed by atoms with Crippen LogP contribution >= 0.6 is 0 Å². The molecule has 0 saturated carbocycles. The number of carboxylic acid groups (broad SMARTS) is 1. The second-order valence-electron chi connectivity index (χ2n) is 9.25. The molecule has 2 N–H and O–H groups in total. The molecule has 0 aromatic heterocycles. The van der Waals surface area contributed by atoms with E-state index >= 15 is 0 Å². The molecule has 0 aliphatic rings. The number of rotatable bonds is 9. The number of benzene rings is 3. The smallest absolute Gasteiger partial charge is 0.404 e. The summed E-state index contributed by atoms with van der Waals surface area (Å²) in [5.74, 6) is 0. The van der Waals surface area contributed by atoms with Crippen LogP contribution in [0, 0.1) is 10.1 Å². The lowest BCUT2D eigenvalue weighted by Crippen LogP contribution is -2.67. The van der Waals surface area contributed by atoms with Gasteiger partial charge in [-0.15, -0.1) is 0 Å². The monoisotopic (exact) mass is 478 g/mol. The molecule has 0 fully saturated rings. The van der Waals surface area contributed by atoms with Crippen LogP contribution in [0.1, 0.15) is 26.3 Å². The van der Waals surface area contributed by atoms with E-state index in [2.05, 4.69) is 50.4 Å². The Kier molecular flexibility index (Phi) is 7.85. The summed E-state index contributed by atoms with van der Waals surface area (Å²) in [7, 11) is -2.85. The van der Waals surface area contributed by atoms with Gasteiger partial charge in [0.1, 0.15) is 0 Å². The minimum Gasteiger partial charge on any atom is -0.465 e. The molecule has 0 spiro atoms. The van der Waals surface area contributed by atoms with Crippen molar-refractivity contribution in [1.29, 1.82) is 0 Å². The number of nitrogens with one attached hydrogen (secondary N) is 1. The van der Waals surface area contributed by atoms with E-state index in [1.807, 2.05) is 36.4 Å². The SMILES string of the molecule is CC(C)(C)[Si](OC[C@H](Cc1cccc([N+](=O)[O-])c1)NC(=O)O)(c1ccccc1)c1ccccc1. The molecule has 34 heavy (non-hydrogen) atoms.